The molecule has 1 saturated carbocycles. The van der Waals surface area contributed by atoms with E-state index in [1.54, 1.807) is 23.7 Å². The molecule has 0 unspecified atom stereocenters. The average Bonchev–Trinajstić information content (AvgIpc) is 3.14. The molecule has 1 aromatic heterocycles. The van der Waals surface area contributed by atoms with Gasteiger partial charge in [-0.2, -0.15) is 0 Å². The van der Waals surface area contributed by atoms with Crippen molar-refractivity contribution in [3.05, 3.63) is 40.9 Å². The second-order valence-electron chi connectivity index (χ2n) is 5.19. The minimum absolute atomic E-state index is 0.274. The molecule has 7 heteroatoms. The minimum Gasteiger partial charge on any atom is -0.310 e. The van der Waals surface area contributed by atoms with Crippen LogP contribution in [0, 0.1) is 6.92 Å². The van der Waals surface area contributed by atoms with Crippen molar-refractivity contribution in [1.29, 1.82) is 0 Å². The number of aromatic nitrogens is 1. The lowest BCUT2D eigenvalue weighted by Crippen LogP contribution is -2.17. The quantitative estimate of drug-likeness (QED) is 0.857. The molecule has 1 aliphatic rings. The lowest BCUT2D eigenvalue weighted by molar-refractivity contribution is 0.600. The van der Waals surface area contributed by atoms with Gasteiger partial charge < -0.3 is 5.32 Å². The highest BCUT2D eigenvalue weighted by Crippen LogP contribution is 2.22. The van der Waals surface area contributed by atoms with Crippen LogP contribution in [0.5, 0.6) is 0 Å². The highest BCUT2D eigenvalue weighted by Gasteiger charge is 2.21. The zero-order valence-electron chi connectivity index (χ0n) is 11.7. The van der Waals surface area contributed by atoms with Gasteiger partial charge in [-0.15, -0.1) is 11.3 Å². The Hall–Kier alpha value is -1.44. The molecular weight excluding hydrogens is 306 g/mol. The molecule has 0 spiro atoms. The Morgan fingerprint density at radius 1 is 1.38 bits per heavy atom. The Morgan fingerprint density at radius 3 is 2.86 bits per heavy atom. The number of aryl methyl sites for hydroxylation is 1. The molecule has 0 atom stereocenters. The molecule has 0 bridgehead atoms. The summed E-state index contributed by atoms with van der Waals surface area (Å²) >= 11 is 1.26. The zero-order valence-corrected chi connectivity index (χ0v) is 13.3. The van der Waals surface area contributed by atoms with Gasteiger partial charge in [0.25, 0.3) is 10.0 Å². The summed E-state index contributed by atoms with van der Waals surface area (Å²) < 4.78 is 27.2. The van der Waals surface area contributed by atoms with Crippen LogP contribution < -0.4 is 10.0 Å². The molecule has 21 heavy (non-hydrogen) atoms. The number of hydrogen-bond acceptors (Lipinski definition) is 5. The Labute approximate surface area is 128 Å². The predicted molar refractivity (Wildman–Crippen MR) is 84.0 cm³/mol. The third-order valence-corrected chi connectivity index (χ3v) is 5.60. The SMILES string of the molecule is Cc1ccc(S(=O)(=O)Nc2nccs2)cc1CNC1CC1. The van der Waals surface area contributed by atoms with Gasteiger partial charge >= 0.3 is 0 Å². The second kappa shape index (κ2) is 5.75. The number of anilines is 1. The van der Waals surface area contributed by atoms with Crippen LogP contribution in [0.2, 0.25) is 0 Å². The smallest absolute Gasteiger partial charge is 0.263 e. The number of benzene rings is 1. The number of nitrogens with one attached hydrogen (secondary N) is 2. The van der Waals surface area contributed by atoms with Crippen molar-refractivity contribution < 1.29 is 8.42 Å². The van der Waals surface area contributed by atoms with E-state index in [9.17, 15) is 8.42 Å². The second-order valence-corrected chi connectivity index (χ2v) is 7.76. The van der Waals surface area contributed by atoms with Gasteiger partial charge in [-0.3, -0.25) is 4.72 Å². The number of rotatable bonds is 6. The maximum atomic E-state index is 12.3. The van der Waals surface area contributed by atoms with Gasteiger partial charge in [0.05, 0.1) is 4.90 Å². The van der Waals surface area contributed by atoms with Crippen molar-refractivity contribution in [2.24, 2.45) is 0 Å². The van der Waals surface area contributed by atoms with Crippen LogP contribution in [0.25, 0.3) is 0 Å². The normalized spacial score (nSPS) is 15.1. The fourth-order valence-electron chi connectivity index (χ4n) is 1.99. The molecule has 0 amide bonds. The van der Waals surface area contributed by atoms with Crippen LogP contribution in [-0.2, 0) is 16.6 Å². The van der Waals surface area contributed by atoms with Crippen molar-refractivity contribution in [2.75, 3.05) is 4.72 Å². The van der Waals surface area contributed by atoms with Gasteiger partial charge in [0.15, 0.2) is 5.13 Å². The highest BCUT2D eigenvalue weighted by atomic mass is 32.2. The molecular formula is C14H17N3O2S2. The van der Waals surface area contributed by atoms with Crippen LogP contribution >= 0.6 is 11.3 Å². The van der Waals surface area contributed by atoms with Crippen molar-refractivity contribution in [3.8, 4) is 0 Å². The maximum absolute atomic E-state index is 12.3. The van der Waals surface area contributed by atoms with E-state index in [1.165, 1.54) is 24.2 Å². The molecule has 1 fully saturated rings. The van der Waals surface area contributed by atoms with Crippen LogP contribution in [0.15, 0.2) is 34.7 Å². The van der Waals surface area contributed by atoms with E-state index in [-0.39, 0.29) is 4.90 Å². The summed E-state index contributed by atoms with van der Waals surface area (Å²) in [6.07, 6.45) is 3.99. The Balaban J connectivity index is 1.81. The Morgan fingerprint density at radius 2 is 2.19 bits per heavy atom. The molecule has 1 aliphatic carbocycles. The van der Waals surface area contributed by atoms with Gasteiger partial charge in [0, 0.05) is 24.2 Å². The summed E-state index contributed by atoms with van der Waals surface area (Å²) in [4.78, 5) is 4.22. The van der Waals surface area contributed by atoms with Crippen LogP contribution in [0.3, 0.4) is 0 Å². The Kier molecular flexibility index (Phi) is 3.97. The van der Waals surface area contributed by atoms with E-state index in [4.69, 9.17) is 0 Å². The van der Waals surface area contributed by atoms with Crippen molar-refractivity contribution in [2.45, 2.75) is 37.2 Å². The summed E-state index contributed by atoms with van der Waals surface area (Å²) in [6, 6.07) is 5.81. The average molecular weight is 323 g/mol. The van der Waals surface area contributed by atoms with E-state index in [1.807, 2.05) is 13.0 Å². The van der Waals surface area contributed by atoms with Crippen LogP contribution in [0.4, 0.5) is 5.13 Å². The summed E-state index contributed by atoms with van der Waals surface area (Å²) in [5.41, 5.74) is 2.11. The fraction of sp³-hybridized carbons (Fsp3) is 0.357. The molecule has 2 N–H and O–H groups in total. The van der Waals surface area contributed by atoms with E-state index < -0.39 is 10.0 Å². The van der Waals surface area contributed by atoms with Gasteiger partial charge in [-0.1, -0.05) is 6.07 Å². The molecule has 5 nitrogen and oxygen atoms in total. The molecule has 1 aromatic carbocycles. The maximum Gasteiger partial charge on any atom is 0.263 e. The number of hydrogen-bond donors (Lipinski definition) is 2. The lowest BCUT2D eigenvalue weighted by Gasteiger charge is -2.11. The van der Waals surface area contributed by atoms with E-state index >= 15 is 0 Å². The topological polar surface area (TPSA) is 71.1 Å². The molecule has 112 valence electrons. The lowest BCUT2D eigenvalue weighted by atomic mass is 10.1. The summed E-state index contributed by atoms with van der Waals surface area (Å²) in [5, 5.41) is 5.53. The Bertz CT molecular complexity index is 723. The summed E-state index contributed by atoms with van der Waals surface area (Å²) in [5.74, 6) is 0. The standard InChI is InChI=1S/C14H17N3O2S2/c1-10-2-5-13(8-11(10)9-16-12-3-4-12)21(18,19)17-14-15-6-7-20-14/h2,5-8,12,16H,3-4,9H2,1H3,(H,15,17). The molecule has 2 aromatic rings. The minimum atomic E-state index is -3.58. The number of sulfonamides is 1. The van der Waals surface area contributed by atoms with Gasteiger partial charge in [-0.25, -0.2) is 13.4 Å². The first-order valence-electron chi connectivity index (χ1n) is 6.80. The molecule has 0 aliphatic heterocycles. The predicted octanol–water partition coefficient (Wildman–Crippen LogP) is 2.50. The summed E-state index contributed by atoms with van der Waals surface area (Å²) in [7, 11) is -3.58. The fourth-order valence-corrected chi connectivity index (χ4v) is 3.83. The van der Waals surface area contributed by atoms with E-state index in [0.717, 1.165) is 11.1 Å². The van der Waals surface area contributed by atoms with Crippen LogP contribution in [0.1, 0.15) is 24.0 Å². The van der Waals surface area contributed by atoms with Crippen molar-refractivity contribution in [3.63, 3.8) is 0 Å². The van der Waals surface area contributed by atoms with Crippen LogP contribution in [-0.4, -0.2) is 19.4 Å². The zero-order chi connectivity index (χ0) is 14.9. The van der Waals surface area contributed by atoms with E-state index in [0.29, 0.717) is 17.7 Å². The number of thiazole rings is 1. The molecule has 1 heterocycles. The first kappa shape index (κ1) is 14.5. The molecule has 0 saturated heterocycles. The first-order valence-corrected chi connectivity index (χ1v) is 9.16. The van der Waals surface area contributed by atoms with Crippen molar-refractivity contribution in [1.82, 2.24) is 10.3 Å². The first-order chi connectivity index (χ1) is 10.0. The van der Waals surface area contributed by atoms with Gasteiger partial charge in [0.1, 0.15) is 0 Å². The highest BCUT2D eigenvalue weighted by molar-refractivity contribution is 7.93. The molecule has 0 radical (unpaired) electrons. The third kappa shape index (κ3) is 3.61. The largest absolute Gasteiger partial charge is 0.310 e. The van der Waals surface area contributed by atoms with E-state index in [2.05, 4.69) is 15.0 Å². The van der Waals surface area contributed by atoms with Crippen molar-refractivity contribution >= 4 is 26.5 Å². The third-order valence-electron chi connectivity index (χ3n) is 3.44. The monoisotopic (exact) mass is 323 g/mol. The molecule has 3 rings (SSSR count). The van der Waals surface area contributed by atoms with Gasteiger partial charge in [-0.05, 0) is 43.0 Å². The number of nitrogens with zero attached hydrogens (tertiary/aromatic N) is 1. The van der Waals surface area contributed by atoms with Gasteiger partial charge in [0.2, 0.25) is 0 Å². The summed E-state index contributed by atoms with van der Waals surface area (Å²) in [6.45, 7) is 2.70.